The van der Waals surface area contributed by atoms with Crippen molar-refractivity contribution in [2.45, 2.75) is 18.1 Å². The van der Waals surface area contributed by atoms with Crippen LogP contribution in [0.5, 0.6) is 5.75 Å². The number of hydrogen-bond acceptors (Lipinski definition) is 5. The van der Waals surface area contributed by atoms with Gasteiger partial charge in [0.25, 0.3) is 5.56 Å². The molecule has 0 aliphatic heterocycles. The van der Waals surface area contributed by atoms with Gasteiger partial charge in [-0.3, -0.25) is 9.36 Å². The SMILES string of the molecule is O=c1c2ccccc2nc(SCCOc2cccc(Cl)c2)n1CCCO. The van der Waals surface area contributed by atoms with E-state index in [2.05, 4.69) is 4.98 Å². The van der Waals surface area contributed by atoms with E-state index in [1.54, 1.807) is 22.8 Å². The highest BCUT2D eigenvalue weighted by molar-refractivity contribution is 7.99. The van der Waals surface area contributed by atoms with E-state index in [1.165, 1.54) is 11.8 Å². The van der Waals surface area contributed by atoms with Crippen LogP contribution < -0.4 is 10.3 Å². The van der Waals surface area contributed by atoms with Gasteiger partial charge in [-0.15, -0.1) is 0 Å². The minimum absolute atomic E-state index is 0.0290. The Morgan fingerprint density at radius 2 is 2.04 bits per heavy atom. The van der Waals surface area contributed by atoms with Gasteiger partial charge in [0.2, 0.25) is 0 Å². The molecule has 136 valence electrons. The number of halogens is 1. The molecule has 0 aliphatic rings. The quantitative estimate of drug-likeness (QED) is 0.361. The van der Waals surface area contributed by atoms with Crippen LogP contribution in [0, 0.1) is 0 Å². The molecular weight excluding hydrogens is 372 g/mol. The van der Waals surface area contributed by atoms with Gasteiger partial charge in [0.15, 0.2) is 5.16 Å². The van der Waals surface area contributed by atoms with Gasteiger partial charge in [-0.05, 0) is 36.8 Å². The zero-order valence-corrected chi connectivity index (χ0v) is 15.7. The zero-order chi connectivity index (χ0) is 18.4. The Hall–Kier alpha value is -2.02. The number of ether oxygens (including phenoxy) is 1. The summed E-state index contributed by atoms with van der Waals surface area (Å²) in [5.41, 5.74) is 0.596. The predicted octanol–water partition coefficient (Wildman–Crippen LogP) is 3.60. The summed E-state index contributed by atoms with van der Waals surface area (Å²) in [6.45, 7) is 0.930. The van der Waals surface area contributed by atoms with Crippen molar-refractivity contribution >= 4 is 34.3 Å². The van der Waals surface area contributed by atoms with Crippen molar-refractivity contribution in [3.63, 3.8) is 0 Å². The number of hydrogen-bond donors (Lipinski definition) is 1. The van der Waals surface area contributed by atoms with Crippen molar-refractivity contribution in [2.24, 2.45) is 0 Å². The number of nitrogens with zero attached hydrogens (tertiary/aromatic N) is 2. The van der Waals surface area contributed by atoms with Crippen LogP contribution >= 0.6 is 23.4 Å². The number of fused-ring (bicyclic) bond motifs is 1. The van der Waals surface area contributed by atoms with Crippen molar-refractivity contribution in [1.82, 2.24) is 9.55 Å². The first-order valence-electron chi connectivity index (χ1n) is 8.30. The molecule has 2 aromatic carbocycles. The van der Waals surface area contributed by atoms with E-state index < -0.39 is 0 Å². The molecule has 0 bridgehead atoms. The summed E-state index contributed by atoms with van der Waals surface area (Å²) in [6.07, 6.45) is 0.506. The highest BCUT2D eigenvalue weighted by atomic mass is 35.5. The number of aromatic nitrogens is 2. The molecule has 0 spiro atoms. The topological polar surface area (TPSA) is 64.3 Å². The van der Waals surface area contributed by atoms with Gasteiger partial charge in [-0.1, -0.05) is 41.6 Å². The molecule has 26 heavy (non-hydrogen) atoms. The van der Waals surface area contributed by atoms with Gasteiger partial charge in [0.1, 0.15) is 5.75 Å². The van der Waals surface area contributed by atoms with Crippen molar-refractivity contribution in [1.29, 1.82) is 0 Å². The van der Waals surface area contributed by atoms with E-state index in [4.69, 9.17) is 21.4 Å². The fourth-order valence-corrected chi connectivity index (χ4v) is 3.56. The molecule has 1 aromatic heterocycles. The second-order valence-electron chi connectivity index (χ2n) is 5.60. The molecule has 1 heterocycles. The highest BCUT2D eigenvalue weighted by Gasteiger charge is 2.11. The van der Waals surface area contributed by atoms with Gasteiger partial charge in [0.05, 0.1) is 17.5 Å². The molecule has 3 aromatic rings. The lowest BCUT2D eigenvalue weighted by atomic mass is 10.2. The summed E-state index contributed by atoms with van der Waals surface area (Å²) in [6, 6.07) is 14.5. The lowest BCUT2D eigenvalue weighted by molar-refractivity contribution is 0.276. The molecular formula is C19H19ClN2O3S. The molecule has 7 heteroatoms. The van der Waals surface area contributed by atoms with Gasteiger partial charge in [-0.25, -0.2) is 4.98 Å². The van der Waals surface area contributed by atoms with E-state index in [0.717, 1.165) is 0 Å². The first kappa shape index (κ1) is 18.8. The van der Waals surface area contributed by atoms with Gasteiger partial charge >= 0.3 is 0 Å². The third-order valence-electron chi connectivity index (χ3n) is 3.75. The van der Waals surface area contributed by atoms with E-state index >= 15 is 0 Å². The Kier molecular flexibility index (Phi) is 6.55. The van der Waals surface area contributed by atoms with E-state index in [9.17, 15) is 4.79 Å². The fraction of sp³-hybridized carbons (Fsp3) is 0.263. The van der Waals surface area contributed by atoms with Crippen molar-refractivity contribution in [3.8, 4) is 5.75 Å². The Morgan fingerprint density at radius 1 is 1.19 bits per heavy atom. The molecule has 0 atom stereocenters. The third kappa shape index (κ3) is 4.58. The van der Waals surface area contributed by atoms with Crippen LogP contribution in [-0.4, -0.2) is 33.6 Å². The second-order valence-corrected chi connectivity index (χ2v) is 7.10. The molecule has 3 rings (SSSR count). The van der Waals surface area contributed by atoms with Crippen molar-refractivity contribution < 1.29 is 9.84 Å². The summed E-state index contributed by atoms with van der Waals surface area (Å²) in [5.74, 6) is 1.35. The molecule has 5 nitrogen and oxygen atoms in total. The van der Waals surface area contributed by atoms with Gasteiger partial charge in [0, 0.05) is 23.9 Å². The lowest BCUT2D eigenvalue weighted by Crippen LogP contribution is -2.24. The Morgan fingerprint density at radius 3 is 2.85 bits per heavy atom. The standard InChI is InChI=1S/C19H19ClN2O3S/c20-14-5-3-6-15(13-14)25-11-12-26-19-21-17-8-2-1-7-16(17)18(24)22(19)9-4-10-23/h1-3,5-8,13,23H,4,9-12H2. The number of rotatable bonds is 8. The van der Waals surface area contributed by atoms with E-state index in [-0.39, 0.29) is 12.2 Å². The smallest absolute Gasteiger partial charge is 0.262 e. The summed E-state index contributed by atoms with van der Waals surface area (Å²) < 4.78 is 7.31. The average Bonchev–Trinajstić information content (AvgIpc) is 2.65. The Labute approximate surface area is 160 Å². The van der Waals surface area contributed by atoms with Crippen LogP contribution in [0.25, 0.3) is 10.9 Å². The summed E-state index contributed by atoms with van der Waals surface area (Å²) in [7, 11) is 0. The molecule has 0 fully saturated rings. The van der Waals surface area contributed by atoms with Crippen molar-refractivity contribution in [3.05, 3.63) is 63.9 Å². The molecule has 0 unspecified atom stereocenters. The summed E-state index contributed by atoms with van der Waals surface area (Å²) in [4.78, 5) is 17.3. The second kappa shape index (κ2) is 9.07. The maximum absolute atomic E-state index is 12.7. The first-order chi connectivity index (χ1) is 12.7. The predicted molar refractivity (Wildman–Crippen MR) is 105 cm³/mol. The van der Waals surface area contributed by atoms with Crippen LogP contribution in [0.4, 0.5) is 0 Å². The summed E-state index contributed by atoms with van der Waals surface area (Å²) in [5, 5.41) is 11.0. The van der Waals surface area contributed by atoms with E-state index in [0.29, 0.717) is 52.2 Å². The molecule has 1 N–H and O–H groups in total. The van der Waals surface area contributed by atoms with Crippen LogP contribution in [0.2, 0.25) is 5.02 Å². The maximum Gasteiger partial charge on any atom is 0.262 e. The van der Waals surface area contributed by atoms with Gasteiger partial charge in [-0.2, -0.15) is 0 Å². The molecule has 0 saturated heterocycles. The lowest BCUT2D eigenvalue weighted by Gasteiger charge is -2.13. The van der Waals surface area contributed by atoms with Crippen LogP contribution in [0.15, 0.2) is 58.5 Å². The van der Waals surface area contributed by atoms with Crippen LogP contribution in [0.1, 0.15) is 6.42 Å². The normalized spacial score (nSPS) is 11.0. The Bertz CT molecular complexity index is 945. The zero-order valence-electron chi connectivity index (χ0n) is 14.1. The van der Waals surface area contributed by atoms with Crippen LogP contribution in [-0.2, 0) is 6.54 Å². The molecule has 0 amide bonds. The minimum atomic E-state index is -0.0812. The maximum atomic E-state index is 12.7. The molecule has 0 aliphatic carbocycles. The number of aliphatic hydroxyl groups is 1. The first-order valence-corrected chi connectivity index (χ1v) is 9.67. The fourth-order valence-electron chi connectivity index (χ4n) is 2.53. The largest absolute Gasteiger partial charge is 0.493 e. The third-order valence-corrected chi connectivity index (χ3v) is 4.92. The van der Waals surface area contributed by atoms with E-state index in [1.807, 2.05) is 30.3 Å². The van der Waals surface area contributed by atoms with Crippen LogP contribution in [0.3, 0.4) is 0 Å². The Balaban J connectivity index is 1.74. The molecule has 0 saturated carbocycles. The summed E-state index contributed by atoms with van der Waals surface area (Å²) >= 11 is 7.40. The number of benzene rings is 2. The number of para-hydroxylation sites is 1. The highest BCUT2D eigenvalue weighted by Crippen LogP contribution is 2.20. The minimum Gasteiger partial charge on any atom is -0.493 e. The van der Waals surface area contributed by atoms with Crippen molar-refractivity contribution in [2.75, 3.05) is 19.0 Å². The molecule has 0 radical (unpaired) electrons. The monoisotopic (exact) mass is 390 g/mol. The number of thioether (sulfide) groups is 1. The van der Waals surface area contributed by atoms with Gasteiger partial charge < -0.3 is 9.84 Å². The average molecular weight is 391 g/mol. The number of aliphatic hydroxyl groups excluding tert-OH is 1.